The van der Waals surface area contributed by atoms with Crippen molar-refractivity contribution in [1.82, 2.24) is 26.3 Å². The molecule has 0 saturated carbocycles. The Kier molecular flexibility index (Phi) is 4.78. The molecule has 0 spiro atoms. The van der Waals surface area contributed by atoms with E-state index in [9.17, 15) is 14.4 Å². The zero-order valence-electron chi connectivity index (χ0n) is 14.1. The molecule has 11 nitrogen and oxygen atoms in total. The van der Waals surface area contributed by atoms with Crippen molar-refractivity contribution in [2.24, 2.45) is 5.10 Å². The first-order chi connectivity index (χ1) is 12.5. The second-order valence-corrected chi connectivity index (χ2v) is 5.53. The first-order valence-electron chi connectivity index (χ1n) is 7.70. The van der Waals surface area contributed by atoms with E-state index in [1.807, 2.05) is 0 Å². The highest BCUT2D eigenvalue weighted by molar-refractivity contribution is 5.89. The minimum Gasteiger partial charge on any atom is -0.493 e. The molecule has 2 fully saturated rings. The monoisotopic (exact) mass is 362 g/mol. The molecule has 2 atom stereocenters. The summed E-state index contributed by atoms with van der Waals surface area (Å²) in [5.74, 6) is 0.612. The molecule has 0 aromatic heterocycles. The highest BCUT2D eigenvalue weighted by Crippen LogP contribution is 2.26. The van der Waals surface area contributed by atoms with Gasteiger partial charge in [-0.2, -0.15) is 5.10 Å². The summed E-state index contributed by atoms with van der Waals surface area (Å²) in [4.78, 5) is 36.3. The van der Waals surface area contributed by atoms with Gasteiger partial charge in [0.2, 0.25) is 0 Å². The number of benzene rings is 1. The van der Waals surface area contributed by atoms with Crippen LogP contribution in [0.15, 0.2) is 23.3 Å². The number of hydrogen-bond donors (Lipinski definition) is 4. The van der Waals surface area contributed by atoms with Crippen LogP contribution in [0.25, 0.3) is 0 Å². The number of nitrogens with zero attached hydrogens (tertiary/aromatic N) is 2. The number of hydrazone groups is 1. The van der Waals surface area contributed by atoms with Gasteiger partial charge in [0.05, 0.1) is 20.4 Å². The molecule has 0 radical (unpaired) electrons. The second kappa shape index (κ2) is 7.17. The molecule has 2 heterocycles. The molecule has 5 amide bonds. The van der Waals surface area contributed by atoms with Crippen LogP contribution in [-0.4, -0.2) is 62.2 Å². The summed E-state index contributed by atoms with van der Waals surface area (Å²) in [6.45, 7) is -0.252. The predicted molar refractivity (Wildman–Crippen MR) is 89.8 cm³/mol. The van der Waals surface area contributed by atoms with E-state index in [1.54, 1.807) is 18.2 Å². The third-order valence-corrected chi connectivity index (χ3v) is 3.88. The number of amides is 5. The fourth-order valence-electron chi connectivity index (χ4n) is 2.67. The fourth-order valence-corrected chi connectivity index (χ4v) is 2.67. The summed E-state index contributed by atoms with van der Waals surface area (Å²) < 4.78 is 10.3. The Balaban J connectivity index is 1.56. The van der Waals surface area contributed by atoms with Gasteiger partial charge in [-0.15, -0.1) is 0 Å². The van der Waals surface area contributed by atoms with E-state index in [1.165, 1.54) is 25.3 Å². The van der Waals surface area contributed by atoms with E-state index in [4.69, 9.17) is 9.47 Å². The number of nitrogens with one attached hydrogen (secondary N) is 4. The maximum atomic E-state index is 12.0. The van der Waals surface area contributed by atoms with Crippen LogP contribution in [0.1, 0.15) is 5.56 Å². The zero-order valence-corrected chi connectivity index (χ0v) is 14.1. The van der Waals surface area contributed by atoms with Crippen LogP contribution < -0.4 is 30.8 Å². The zero-order chi connectivity index (χ0) is 18.7. The third-order valence-electron chi connectivity index (χ3n) is 3.88. The van der Waals surface area contributed by atoms with Crippen molar-refractivity contribution in [3.8, 4) is 11.5 Å². The Bertz CT molecular complexity index is 767. The Morgan fingerprint density at radius 2 is 2.00 bits per heavy atom. The van der Waals surface area contributed by atoms with E-state index >= 15 is 0 Å². The normalized spacial score (nSPS) is 21.1. The van der Waals surface area contributed by atoms with Crippen molar-refractivity contribution in [2.45, 2.75) is 12.3 Å². The summed E-state index contributed by atoms with van der Waals surface area (Å²) >= 11 is 0. The molecule has 2 aliphatic rings. The quantitative estimate of drug-likeness (QED) is 0.386. The number of hydrogen-bond acceptors (Lipinski definition) is 6. The Morgan fingerprint density at radius 3 is 2.73 bits per heavy atom. The predicted octanol–water partition coefficient (Wildman–Crippen LogP) is -0.856. The van der Waals surface area contributed by atoms with Crippen LogP contribution in [0.3, 0.4) is 0 Å². The molecule has 4 N–H and O–H groups in total. The van der Waals surface area contributed by atoms with Crippen LogP contribution in [0.5, 0.6) is 11.5 Å². The van der Waals surface area contributed by atoms with Gasteiger partial charge in [-0.05, 0) is 23.8 Å². The van der Waals surface area contributed by atoms with E-state index in [0.29, 0.717) is 17.1 Å². The van der Waals surface area contributed by atoms with Crippen molar-refractivity contribution >= 4 is 24.2 Å². The molecule has 26 heavy (non-hydrogen) atoms. The topological polar surface area (TPSA) is 133 Å². The highest BCUT2D eigenvalue weighted by Gasteiger charge is 2.45. The number of urea groups is 2. The molecule has 1 aromatic carbocycles. The molecule has 1 aromatic rings. The van der Waals surface area contributed by atoms with E-state index in [-0.39, 0.29) is 6.54 Å². The van der Waals surface area contributed by atoms with Crippen molar-refractivity contribution in [3.05, 3.63) is 23.8 Å². The number of ether oxygens (including phenoxy) is 2. The van der Waals surface area contributed by atoms with Crippen molar-refractivity contribution in [3.63, 3.8) is 0 Å². The van der Waals surface area contributed by atoms with Gasteiger partial charge in [-0.3, -0.25) is 9.69 Å². The van der Waals surface area contributed by atoms with Gasteiger partial charge < -0.3 is 25.4 Å². The number of carbonyl (C=O) groups is 3. The van der Waals surface area contributed by atoms with Gasteiger partial charge in [0.25, 0.3) is 5.91 Å². The SMILES string of the molecule is COc1ccc(/C=N/NC(=O)CN2C(=O)NC3NC(=O)NC32)cc1OC. The lowest BCUT2D eigenvalue weighted by atomic mass is 10.2. The largest absolute Gasteiger partial charge is 0.493 e. The third kappa shape index (κ3) is 3.45. The molecule has 0 bridgehead atoms. The summed E-state index contributed by atoms with van der Waals surface area (Å²) in [7, 11) is 3.05. The van der Waals surface area contributed by atoms with E-state index < -0.39 is 30.3 Å². The first-order valence-corrected chi connectivity index (χ1v) is 7.70. The van der Waals surface area contributed by atoms with Crippen LogP contribution in [0.4, 0.5) is 9.59 Å². The number of carbonyl (C=O) groups excluding carboxylic acids is 3. The molecule has 0 aliphatic carbocycles. The minimum absolute atomic E-state index is 0.252. The smallest absolute Gasteiger partial charge is 0.321 e. The summed E-state index contributed by atoms with van der Waals surface area (Å²) in [6, 6.07) is 4.30. The van der Waals surface area contributed by atoms with Crippen LogP contribution in [-0.2, 0) is 4.79 Å². The summed E-state index contributed by atoms with van der Waals surface area (Å²) in [5.41, 5.74) is 3.03. The van der Waals surface area contributed by atoms with Gasteiger partial charge in [-0.1, -0.05) is 0 Å². The van der Waals surface area contributed by atoms with Gasteiger partial charge >= 0.3 is 12.1 Å². The average Bonchev–Trinajstić information content (AvgIpc) is 3.11. The van der Waals surface area contributed by atoms with Gasteiger partial charge in [-0.25, -0.2) is 15.0 Å². The lowest BCUT2D eigenvalue weighted by molar-refractivity contribution is -0.121. The van der Waals surface area contributed by atoms with E-state index in [2.05, 4.69) is 26.5 Å². The lowest BCUT2D eigenvalue weighted by Crippen LogP contribution is -2.47. The second-order valence-electron chi connectivity index (χ2n) is 5.53. The minimum atomic E-state index is -0.615. The fraction of sp³-hybridized carbons (Fsp3) is 0.333. The molecule has 11 heteroatoms. The number of methoxy groups -OCH3 is 2. The maximum absolute atomic E-state index is 12.0. The first kappa shape index (κ1) is 17.3. The Labute approximate surface area is 148 Å². The van der Waals surface area contributed by atoms with Crippen LogP contribution in [0, 0.1) is 0 Å². The Hall–Kier alpha value is -3.50. The molecule has 3 rings (SSSR count). The lowest BCUT2D eigenvalue weighted by Gasteiger charge is -2.19. The standard InChI is InChI=1S/C15H18N6O5/c1-25-9-4-3-8(5-10(9)26-2)6-16-20-11(22)7-21-13-12(18-15(21)24)17-14(23)19-13/h3-6,12-13H,7H2,1-2H3,(H,18,24)(H,20,22)(H2,17,19,23)/b16-6+. The highest BCUT2D eigenvalue weighted by atomic mass is 16.5. The van der Waals surface area contributed by atoms with Gasteiger partial charge in [0.1, 0.15) is 18.9 Å². The van der Waals surface area contributed by atoms with Crippen LogP contribution in [0.2, 0.25) is 0 Å². The van der Waals surface area contributed by atoms with E-state index in [0.717, 1.165) is 0 Å². The molecule has 2 saturated heterocycles. The molecular weight excluding hydrogens is 344 g/mol. The average molecular weight is 362 g/mol. The van der Waals surface area contributed by atoms with Crippen molar-refractivity contribution in [2.75, 3.05) is 20.8 Å². The van der Waals surface area contributed by atoms with Crippen molar-refractivity contribution in [1.29, 1.82) is 0 Å². The maximum Gasteiger partial charge on any atom is 0.321 e. The molecule has 138 valence electrons. The molecular formula is C15H18N6O5. The summed E-state index contributed by atoms with van der Waals surface area (Å²) in [6.07, 6.45) is 0.264. The van der Waals surface area contributed by atoms with Gasteiger partial charge in [0.15, 0.2) is 11.5 Å². The van der Waals surface area contributed by atoms with Crippen molar-refractivity contribution < 1.29 is 23.9 Å². The molecule has 2 aliphatic heterocycles. The number of fused-ring (bicyclic) bond motifs is 1. The van der Waals surface area contributed by atoms with Gasteiger partial charge in [0, 0.05) is 0 Å². The summed E-state index contributed by atoms with van der Waals surface area (Å²) in [5, 5.41) is 11.5. The molecule has 2 unspecified atom stereocenters. The number of rotatable bonds is 6. The van der Waals surface area contributed by atoms with Crippen LogP contribution >= 0.6 is 0 Å². The Morgan fingerprint density at radius 1 is 1.23 bits per heavy atom.